The monoisotopic (exact) mass is 571 g/mol. The summed E-state index contributed by atoms with van der Waals surface area (Å²) in [6.07, 6.45) is 6.65. The van der Waals surface area contributed by atoms with Gasteiger partial charge in [-0.1, -0.05) is 49.1 Å². The standard InChI is InChI=1S/C27H26ClN3O5S2/c1-30-23(17-8-4-2-5-9-17)15-31(18-10-6-3-7-11-18)22-13-20(28)19(12-25(22)38(30,35)36)24-14-21(29-16-32)26(37-24)27(33)34/h3,6-7,10-14,17,23H,2,4-5,8-9,15H2,1H3,(H,33,34)/t23-/m0/s1. The van der Waals surface area contributed by atoms with Crippen molar-refractivity contribution < 1.29 is 23.1 Å². The van der Waals surface area contributed by atoms with Gasteiger partial charge in [0.25, 0.3) is 0 Å². The topological polar surface area (TPSA) is 107 Å². The minimum Gasteiger partial charge on any atom is -0.477 e. The maximum absolute atomic E-state index is 14.1. The van der Waals surface area contributed by atoms with Gasteiger partial charge in [-0.2, -0.15) is 9.30 Å². The third-order valence-electron chi connectivity index (χ3n) is 7.43. The number of fused-ring (bicyclic) bond motifs is 1. The number of thiophene rings is 1. The summed E-state index contributed by atoms with van der Waals surface area (Å²) in [5.74, 6) is -1.02. The number of hydrogen-bond donors (Lipinski definition) is 1. The number of aliphatic imine (C=N–C) groups is 1. The molecule has 0 amide bonds. The van der Waals surface area contributed by atoms with E-state index >= 15 is 0 Å². The Bertz CT molecular complexity index is 1510. The van der Waals surface area contributed by atoms with Crippen LogP contribution in [0.25, 0.3) is 10.4 Å². The molecule has 5 rings (SSSR count). The number of isocyanates is 1. The summed E-state index contributed by atoms with van der Waals surface area (Å²) in [5, 5.41) is 9.82. The molecule has 38 heavy (non-hydrogen) atoms. The number of nitrogens with zero attached hydrogens (tertiary/aromatic N) is 3. The third-order valence-corrected chi connectivity index (χ3v) is 10.8. The second kappa shape index (κ2) is 10.6. The van der Waals surface area contributed by atoms with Gasteiger partial charge in [0.15, 0.2) is 0 Å². The molecule has 11 heteroatoms. The zero-order valence-corrected chi connectivity index (χ0v) is 23.0. The van der Waals surface area contributed by atoms with Gasteiger partial charge in [0.05, 0.1) is 10.7 Å². The number of rotatable bonds is 5. The number of likely N-dealkylation sites (N-methyl/N-ethyl adjacent to an activating group) is 1. The molecule has 1 aliphatic heterocycles. The van der Waals surface area contributed by atoms with Gasteiger partial charge in [-0.3, -0.25) is 0 Å². The minimum atomic E-state index is -3.94. The van der Waals surface area contributed by atoms with Gasteiger partial charge in [-0.05, 0) is 49.1 Å². The van der Waals surface area contributed by atoms with Crippen molar-refractivity contribution in [3.8, 4) is 10.4 Å². The first-order valence-corrected chi connectivity index (χ1v) is 15.0. The Balaban J connectivity index is 1.71. The first-order chi connectivity index (χ1) is 18.2. The quantitative estimate of drug-likeness (QED) is 0.278. The van der Waals surface area contributed by atoms with Crippen molar-refractivity contribution in [1.82, 2.24) is 4.31 Å². The lowest BCUT2D eigenvalue weighted by molar-refractivity contribution is 0.0703. The van der Waals surface area contributed by atoms with Crippen LogP contribution in [0, 0.1) is 5.92 Å². The highest BCUT2D eigenvalue weighted by atomic mass is 35.5. The fraction of sp³-hybridized carbons (Fsp3) is 0.333. The highest BCUT2D eigenvalue weighted by Gasteiger charge is 2.41. The molecule has 2 heterocycles. The lowest BCUT2D eigenvalue weighted by Crippen LogP contribution is -2.46. The molecule has 0 bridgehead atoms. The Morgan fingerprint density at radius 3 is 2.50 bits per heavy atom. The van der Waals surface area contributed by atoms with E-state index in [4.69, 9.17) is 11.6 Å². The Hall–Kier alpha value is -3.01. The van der Waals surface area contributed by atoms with E-state index in [1.54, 1.807) is 13.1 Å². The first-order valence-electron chi connectivity index (χ1n) is 12.3. The molecule has 0 unspecified atom stereocenters. The van der Waals surface area contributed by atoms with E-state index in [-0.39, 0.29) is 32.4 Å². The summed E-state index contributed by atoms with van der Waals surface area (Å²) in [7, 11) is -2.29. The van der Waals surface area contributed by atoms with Crippen LogP contribution in [-0.2, 0) is 14.8 Å². The third kappa shape index (κ3) is 4.79. The van der Waals surface area contributed by atoms with Crippen LogP contribution >= 0.6 is 22.9 Å². The fourth-order valence-electron chi connectivity index (χ4n) is 5.50. The predicted octanol–water partition coefficient (Wildman–Crippen LogP) is 6.46. The average Bonchev–Trinajstić information content (AvgIpc) is 3.31. The van der Waals surface area contributed by atoms with Crippen molar-refractivity contribution in [2.24, 2.45) is 10.9 Å². The van der Waals surface area contributed by atoms with Crippen LogP contribution in [0.5, 0.6) is 0 Å². The number of carboxylic acids is 1. The van der Waals surface area contributed by atoms with Crippen LogP contribution in [0.15, 0.2) is 58.4 Å². The maximum atomic E-state index is 14.1. The molecule has 1 fully saturated rings. The molecule has 0 radical (unpaired) electrons. The molecule has 3 aromatic rings. The first kappa shape index (κ1) is 26.6. The number of benzene rings is 2. The van der Waals surface area contributed by atoms with Crippen LogP contribution < -0.4 is 4.90 Å². The summed E-state index contributed by atoms with van der Waals surface area (Å²) in [6.45, 7) is 0.480. The number of para-hydroxylation sites is 1. The zero-order chi connectivity index (χ0) is 27.0. The predicted molar refractivity (Wildman–Crippen MR) is 148 cm³/mol. The fourth-order valence-corrected chi connectivity index (χ4v) is 8.39. The molecule has 0 spiro atoms. The van der Waals surface area contributed by atoms with Crippen molar-refractivity contribution >= 4 is 62.1 Å². The number of anilines is 2. The van der Waals surface area contributed by atoms with Gasteiger partial charge in [-0.15, -0.1) is 11.3 Å². The van der Waals surface area contributed by atoms with Gasteiger partial charge >= 0.3 is 5.97 Å². The van der Waals surface area contributed by atoms with Crippen LogP contribution in [-0.4, -0.2) is 49.5 Å². The number of carboxylic acid groups (broad SMARTS) is 1. The van der Waals surface area contributed by atoms with E-state index in [1.165, 1.54) is 22.5 Å². The second-order valence-corrected chi connectivity index (χ2v) is 13.0. The minimum absolute atomic E-state index is 0.0539. The van der Waals surface area contributed by atoms with Gasteiger partial charge in [-0.25, -0.2) is 18.0 Å². The summed E-state index contributed by atoms with van der Waals surface area (Å²) in [6, 6.07) is 14.0. The van der Waals surface area contributed by atoms with E-state index in [0.29, 0.717) is 22.7 Å². The zero-order valence-electron chi connectivity index (χ0n) is 20.6. The second-order valence-electron chi connectivity index (χ2n) is 9.57. The lowest BCUT2D eigenvalue weighted by Gasteiger charge is -2.36. The van der Waals surface area contributed by atoms with Crippen LogP contribution in [0.2, 0.25) is 5.02 Å². The molecule has 1 N–H and O–H groups in total. The smallest absolute Gasteiger partial charge is 0.348 e. The van der Waals surface area contributed by atoms with Gasteiger partial charge in [0.2, 0.25) is 16.1 Å². The molecule has 2 aliphatic rings. The van der Waals surface area contributed by atoms with E-state index < -0.39 is 16.0 Å². The molecule has 198 valence electrons. The van der Waals surface area contributed by atoms with E-state index in [2.05, 4.69) is 4.99 Å². The van der Waals surface area contributed by atoms with Gasteiger partial charge < -0.3 is 10.0 Å². The van der Waals surface area contributed by atoms with E-state index in [0.717, 1.165) is 49.1 Å². The lowest BCUT2D eigenvalue weighted by atomic mass is 9.83. The Morgan fingerprint density at radius 2 is 1.84 bits per heavy atom. The molecular weight excluding hydrogens is 546 g/mol. The molecule has 8 nitrogen and oxygen atoms in total. The SMILES string of the molecule is CN1[C@H](C2CCCCC2)CN(c2ccccc2)c2cc(Cl)c(-c3cc(N=C=O)c(C(=O)O)s3)cc2S1(=O)=O. The Kier molecular flexibility index (Phi) is 7.44. The van der Waals surface area contributed by atoms with E-state index in [1.807, 2.05) is 35.2 Å². The van der Waals surface area contributed by atoms with Crippen molar-refractivity contribution in [1.29, 1.82) is 0 Å². The molecular formula is C27H26ClN3O5S2. The number of carbonyl (C=O) groups excluding carboxylic acids is 1. The molecule has 1 saturated carbocycles. The van der Waals surface area contributed by atoms with Crippen LogP contribution in [0.1, 0.15) is 41.8 Å². The van der Waals surface area contributed by atoms with Gasteiger partial charge in [0, 0.05) is 35.8 Å². The maximum Gasteiger partial charge on any atom is 0.348 e. The van der Waals surface area contributed by atoms with Crippen molar-refractivity contribution in [3.63, 3.8) is 0 Å². The van der Waals surface area contributed by atoms with E-state index in [9.17, 15) is 23.1 Å². The molecule has 1 aliphatic carbocycles. The molecule has 0 saturated heterocycles. The molecule has 1 aromatic heterocycles. The van der Waals surface area contributed by atoms with Crippen LogP contribution in [0.4, 0.5) is 17.1 Å². The van der Waals surface area contributed by atoms with Crippen molar-refractivity contribution in [3.05, 3.63) is 58.4 Å². The number of carbonyl (C=O) groups is 1. The molecule has 2 aromatic carbocycles. The number of sulfonamides is 1. The highest BCUT2D eigenvalue weighted by Crippen LogP contribution is 2.46. The van der Waals surface area contributed by atoms with Crippen LogP contribution in [0.3, 0.4) is 0 Å². The van der Waals surface area contributed by atoms with Gasteiger partial charge in [0.1, 0.15) is 15.5 Å². The molecule has 1 atom stereocenters. The van der Waals surface area contributed by atoms with Crippen molar-refractivity contribution in [2.45, 2.75) is 43.0 Å². The summed E-state index contributed by atoms with van der Waals surface area (Å²) in [4.78, 5) is 28.4. The van der Waals surface area contributed by atoms with Crippen molar-refractivity contribution in [2.75, 3.05) is 18.5 Å². The normalized spacial score (nSPS) is 19.8. The number of hydrogen-bond acceptors (Lipinski definition) is 7. The Labute approximate surface area is 230 Å². The largest absolute Gasteiger partial charge is 0.477 e. The average molecular weight is 572 g/mol. The number of halogens is 1. The summed E-state index contributed by atoms with van der Waals surface area (Å²) < 4.78 is 29.8. The Morgan fingerprint density at radius 1 is 1.13 bits per heavy atom. The highest BCUT2D eigenvalue weighted by molar-refractivity contribution is 7.89. The number of aromatic carboxylic acids is 1. The summed E-state index contributed by atoms with van der Waals surface area (Å²) >= 11 is 7.62. The summed E-state index contributed by atoms with van der Waals surface area (Å²) in [5.41, 5.74) is 1.63.